The fraction of sp³-hybridized carbons (Fsp3) is 0.133. The van der Waals surface area contributed by atoms with E-state index in [-0.39, 0.29) is 6.61 Å². The van der Waals surface area contributed by atoms with Gasteiger partial charge >= 0.3 is 0 Å². The number of nitrogens with one attached hydrogen (secondary N) is 1. The van der Waals surface area contributed by atoms with Crippen LogP contribution in [0, 0.1) is 11.3 Å². The third-order valence-electron chi connectivity index (χ3n) is 2.67. The minimum Gasteiger partial charge on any atom is -0.478 e. The molecule has 0 radical (unpaired) electrons. The Morgan fingerprint density at radius 1 is 1.25 bits per heavy atom. The average Bonchev–Trinajstić information content (AvgIpc) is 2.45. The van der Waals surface area contributed by atoms with Gasteiger partial charge in [-0.3, -0.25) is 0 Å². The number of benzene rings is 2. The molecule has 5 heteroatoms. The van der Waals surface area contributed by atoms with Gasteiger partial charge in [0.1, 0.15) is 11.8 Å². The van der Waals surface area contributed by atoms with Gasteiger partial charge in [0, 0.05) is 16.6 Å². The van der Waals surface area contributed by atoms with Gasteiger partial charge in [-0.15, -0.1) is 0 Å². The summed E-state index contributed by atoms with van der Waals surface area (Å²) < 4.78 is 6.32. The summed E-state index contributed by atoms with van der Waals surface area (Å²) in [7, 11) is 0. The number of para-hydroxylation sites is 1. The van der Waals surface area contributed by atoms with Crippen LogP contribution in [0.15, 0.2) is 46.9 Å². The fourth-order valence-electron chi connectivity index (χ4n) is 1.72. The van der Waals surface area contributed by atoms with E-state index in [0.29, 0.717) is 17.3 Å². The van der Waals surface area contributed by atoms with Crippen LogP contribution in [-0.2, 0) is 6.54 Å². The van der Waals surface area contributed by atoms with Crippen LogP contribution in [0.5, 0.6) is 5.75 Å². The lowest BCUT2D eigenvalue weighted by molar-refractivity contribution is 0.364. The second-order valence-corrected chi connectivity index (χ2v) is 5.36. The van der Waals surface area contributed by atoms with E-state index in [0.717, 1.165) is 15.7 Å². The zero-order valence-electron chi connectivity index (χ0n) is 10.6. The topological polar surface area (TPSA) is 45.0 Å². The molecular formula is C15H12BrClN2O. The predicted octanol–water partition coefficient (Wildman–Crippen LogP) is 4.62. The molecule has 0 spiro atoms. The van der Waals surface area contributed by atoms with Crippen LogP contribution in [0.25, 0.3) is 0 Å². The molecule has 0 bridgehead atoms. The molecule has 102 valence electrons. The average molecular weight is 352 g/mol. The van der Waals surface area contributed by atoms with Crippen molar-refractivity contribution in [1.82, 2.24) is 0 Å². The van der Waals surface area contributed by atoms with E-state index < -0.39 is 0 Å². The van der Waals surface area contributed by atoms with Crippen molar-refractivity contribution in [2.24, 2.45) is 0 Å². The maximum Gasteiger partial charge on any atom is 0.174 e. The summed E-state index contributed by atoms with van der Waals surface area (Å²) in [6, 6.07) is 15.2. The summed E-state index contributed by atoms with van der Waals surface area (Å²) in [5.41, 5.74) is 1.83. The van der Waals surface area contributed by atoms with Crippen LogP contribution < -0.4 is 10.1 Å². The summed E-state index contributed by atoms with van der Waals surface area (Å²) in [5.74, 6) is 0.704. The second kappa shape index (κ2) is 7.18. The second-order valence-electron chi connectivity index (χ2n) is 4.03. The van der Waals surface area contributed by atoms with Gasteiger partial charge in [0.25, 0.3) is 0 Å². The van der Waals surface area contributed by atoms with Gasteiger partial charge in [-0.2, -0.15) is 5.26 Å². The normalized spacial score (nSPS) is 9.85. The van der Waals surface area contributed by atoms with Crippen LogP contribution in [0.4, 0.5) is 5.69 Å². The van der Waals surface area contributed by atoms with Crippen molar-refractivity contribution in [2.75, 3.05) is 11.9 Å². The van der Waals surface area contributed by atoms with E-state index in [1.54, 1.807) is 0 Å². The molecule has 0 aromatic heterocycles. The third kappa shape index (κ3) is 3.89. The summed E-state index contributed by atoms with van der Waals surface area (Å²) in [6.45, 7) is 0.610. The van der Waals surface area contributed by atoms with Crippen LogP contribution in [-0.4, -0.2) is 6.61 Å². The van der Waals surface area contributed by atoms with Crippen molar-refractivity contribution in [3.05, 3.63) is 57.5 Å². The zero-order chi connectivity index (χ0) is 14.4. The Bertz CT molecular complexity index is 640. The Hall–Kier alpha value is -1.70. The lowest BCUT2D eigenvalue weighted by atomic mass is 10.2. The van der Waals surface area contributed by atoms with Crippen LogP contribution in [0.1, 0.15) is 5.56 Å². The van der Waals surface area contributed by atoms with Crippen molar-refractivity contribution >= 4 is 33.2 Å². The van der Waals surface area contributed by atoms with Crippen molar-refractivity contribution in [3.63, 3.8) is 0 Å². The Kier molecular flexibility index (Phi) is 5.28. The van der Waals surface area contributed by atoms with Gasteiger partial charge in [-0.25, -0.2) is 0 Å². The van der Waals surface area contributed by atoms with E-state index in [9.17, 15) is 0 Å². The number of halogens is 2. The lowest BCUT2D eigenvalue weighted by Gasteiger charge is -2.12. The van der Waals surface area contributed by atoms with Crippen molar-refractivity contribution in [1.29, 1.82) is 5.26 Å². The van der Waals surface area contributed by atoms with Gasteiger partial charge in [-0.05, 0) is 24.3 Å². The number of nitriles is 1. The first-order valence-electron chi connectivity index (χ1n) is 5.97. The highest BCUT2D eigenvalue weighted by Gasteiger charge is 2.05. The molecule has 0 atom stereocenters. The fourth-order valence-corrected chi connectivity index (χ4v) is 2.46. The van der Waals surface area contributed by atoms with Gasteiger partial charge in [0.05, 0.1) is 10.7 Å². The Balaban J connectivity index is 2.09. The number of anilines is 1. The lowest BCUT2D eigenvalue weighted by Crippen LogP contribution is -2.03. The van der Waals surface area contributed by atoms with Gasteiger partial charge in [0.15, 0.2) is 6.61 Å². The van der Waals surface area contributed by atoms with E-state index in [4.69, 9.17) is 21.6 Å². The number of ether oxygens (including phenoxy) is 1. The summed E-state index contributed by atoms with van der Waals surface area (Å²) in [5, 5.41) is 12.5. The van der Waals surface area contributed by atoms with Crippen molar-refractivity contribution in [3.8, 4) is 11.8 Å². The zero-order valence-corrected chi connectivity index (χ0v) is 12.9. The number of rotatable bonds is 5. The highest BCUT2D eigenvalue weighted by Crippen LogP contribution is 2.27. The van der Waals surface area contributed by atoms with E-state index in [2.05, 4.69) is 21.2 Å². The number of hydrogen-bond acceptors (Lipinski definition) is 3. The molecule has 2 aromatic rings. The molecule has 0 saturated carbocycles. The SMILES string of the molecule is N#CCOc1ccccc1CNc1ccc(Br)cc1Cl. The Labute approximate surface area is 131 Å². The summed E-state index contributed by atoms with van der Waals surface area (Å²) in [4.78, 5) is 0. The van der Waals surface area contributed by atoms with Crippen LogP contribution >= 0.6 is 27.5 Å². The monoisotopic (exact) mass is 350 g/mol. The van der Waals surface area contributed by atoms with Crippen LogP contribution in [0.3, 0.4) is 0 Å². The van der Waals surface area contributed by atoms with Crippen LogP contribution in [0.2, 0.25) is 5.02 Å². The summed E-state index contributed by atoms with van der Waals surface area (Å²) in [6.07, 6.45) is 0. The third-order valence-corrected chi connectivity index (χ3v) is 3.47. The molecule has 0 saturated heterocycles. The molecular weight excluding hydrogens is 340 g/mol. The minimum atomic E-state index is 0.0378. The molecule has 2 aromatic carbocycles. The number of hydrogen-bond donors (Lipinski definition) is 1. The molecule has 0 heterocycles. The molecule has 0 aliphatic heterocycles. The first-order valence-corrected chi connectivity index (χ1v) is 7.14. The first-order chi connectivity index (χ1) is 9.70. The predicted molar refractivity (Wildman–Crippen MR) is 84.0 cm³/mol. The molecule has 0 aliphatic carbocycles. The standard InChI is InChI=1S/C15H12BrClN2O/c16-12-5-6-14(13(17)9-12)19-10-11-3-1-2-4-15(11)20-8-7-18/h1-6,9,19H,8,10H2. The van der Waals surface area contributed by atoms with Gasteiger partial charge in [0.2, 0.25) is 0 Å². The van der Waals surface area contributed by atoms with Gasteiger partial charge in [-0.1, -0.05) is 45.7 Å². The maximum absolute atomic E-state index is 8.58. The highest BCUT2D eigenvalue weighted by molar-refractivity contribution is 9.10. The van der Waals surface area contributed by atoms with E-state index in [1.165, 1.54) is 0 Å². The number of nitrogens with zero attached hydrogens (tertiary/aromatic N) is 1. The van der Waals surface area contributed by atoms with E-state index in [1.807, 2.05) is 48.5 Å². The highest BCUT2D eigenvalue weighted by atomic mass is 79.9. The van der Waals surface area contributed by atoms with Crippen molar-refractivity contribution in [2.45, 2.75) is 6.54 Å². The Morgan fingerprint density at radius 2 is 2.05 bits per heavy atom. The van der Waals surface area contributed by atoms with E-state index >= 15 is 0 Å². The molecule has 3 nitrogen and oxygen atoms in total. The molecule has 1 N–H and O–H groups in total. The Morgan fingerprint density at radius 3 is 2.80 bits per heavy atom. The molecule has 0 amide bonds. The quantitative estimate of drug-likeness (QED) is 0.855. The summed E-state index contributed by atoms with van der Waals surface area (Å²) >= 11 is 9.52. The molecule has 2 rings (SSSR count). The first kappa shape index (κ1) is 14.7. The van der Waals surface area contributed by atoms with Crippen molar-refractivity contribution < 1.29 is 4.74 Å². The molecule has 0 aliphatic rings. The molecule has 0 fully saturated rings. The minimum absolute atomic E-state index is 0.0378. The molecule has 20 heavy (non-hydrogen) atoms. The molecule has 0 unspecified atom stereocenters. The largest absolute Gasteiger partial charge is 0.478 e. The smallest absolute Gasteiger partial charge is 0.174 e. The van der Waals surface area contributed by atoms with Gasteiger partial charge < -0.3 is 10.1 Å². The maximum atomic E-state index is 8.58.